The number of methoxy groups -OCH3 is 1. The number of nitrogens with one attached hydrogen (secondary N) is 1. The first-order valence-electron chi connectivity index (χ1n) is 12.3. The molecule has 0 aliphatic carbocycles. The summed E-state index contributed by atoms with van der Waals surface area (Å²) in [5, 5.41) is 3.96. The first-order chi connectivity index (χ1) is 19.0. The van der Waals surface area contributed by atoms with Crippen LogP contribution >= 0.6 is 23.2 Å². The van der Waals surface area contributed by atoms with Crippen LogP contribution in [0, 0.1) is 0 Å². The van der Waals surface area contributed by atoms with E-state index < -0.39 is 6.04 Å². The van der Waals surface area contributed by atoms with E-state index in [2.05, 4.69) is 5.32 Å². The number of hydrogen-bond donors (Lipinski definition) is 1. The van der Waals surface area contributed by atoms with Gasteiger partial charge >= 0.3 is 0 Å². The van der Waals surface area contributed by atoms with Crippen molar-refractivity contribution in [1.29, 1.82) is 0 Å². The fourth-order valence-electron chi connectivity index (χ4n) is 4.13. The van der Waals surface area contributed by atoms with Crippen molar-refractivity contribution >= 4 is 35.0 Å². The molecule has 0 aliphatic heterocycles. The molecule has 4 aromatic carbocycles. The third-order valence-electron chi connectivity index (χ3n) is 6.10. The van der Waals surface area contributed by atoms with Gasteiger partial charge in [0.2, 0.25) is 5.91 Å². The highest BCUT2D eigenvalue weighted by atomic mass is 35.5. The Morgan fingerprint density at radius 1 is 0.821 bits per heavy atom. The van der Waals surface area contributed by atoms with E-state index in [4.69, 9.17) is 32.7 Å². The van der Waals surface area contributed by atoms with Crippen LogP contribution in [-0.2, 0) is 22.7 Å². The third kappa shape index (κ3) is 7.53. The molecule has 200 valence electrons. The van der Waals surface area contributed by atoms with Crippen molar-refractivity contribution in [2.24, 2.45) is 0 Å². The molecule has 0 spiro atoms. The van der Waals surface area contributed by atoms with Gasteiger partial charge in [-0.2, -0.15) is 0 Å². The quantitative estimate of drug-likeness (QED) is 0.227. The summed E-state index contributed by atoms with van der Waals surface area (Å²) in [4.78, 5) is 29.0. The zero-order chi connectivity index (χ0) is 27.6. The van der Waals surface area contributed by atoms with E-state index in [0.29, 0.717) is 27.1 Å². The lowest BCUT2D eigenvalue weighted by Gasteiger charge is -2.31. The van der Waals surface area contributed by atoms with Gasteiger partial charge in [0.05, 0.1) is 12.1 Å². The molecule has 0 aromatic heterocycles. The number of carbonyl (C=O) groups excluding carboxylic acids is 2. The van der Waals surface area contributed by atoms with Crippen LogP contribution in [0.5, 0.6) is 11.5 Å². The van der Waals surface area contributed by atoms with Crippen LogP contribution in [0.15, 0.2) is 103 Å². The Morgan fingerprint density at radius 2 is 1.46 bits per heavy atom. The number of halogens is 2. The number of ether oxygens (including phenoxy) is 2. The van der Waals surface area contributed by atoms with Gasteiger partial charge in [0.25, 0.3) is 5.91 Å². The van der Waals surface area contributed by atoms with Gasteiger partial charge in [-0.15, -0.1) is 0 Å². The minimum atomic E-state index is -0.932. The number of benzene rings is 4. The monoisotopic (exact) mass is 562 g/mol. The average molecular weight is 563 g/mol. The maximum atomic E-state index is 13.8. The summed E-state index contributed by atoms with van der Waals surface area (Å²) in [6.07, 6.45) is 0. The highest BCUT2D eigenvalue weighted by molar-refractivity contribution is 6.32. The Labute approximate surface area is 238 Å². The van der Waals surface area contributed by atoms with Crippen LogP contribution in [0.2, 0.25) is 10.0 Å². The van der Waals surface area contributed by atoms with Crippen molar-refractivity contribution in [3.8, 4) is 11.5 Å². The maximum Gasteiger partial charge on any atom is 0.261 e. The van der Waals surface area contributed by atoms with Crippen LogP contribution < -0.4 is 14.8 Å². The Morgan fingerprint density at radius 3 is 2.15 bits per heavy atom. The first-order valence-corrected chi connectivity index (χ1v) is 13.1. The lowest BCUT2D eigenvalue weighted by Crippen LogP contribution is -2.45. The SMILES string of the molecule is COc1ccccc1CNC(=O)C(c1ccccc1)N(Cc1ccc(Cl)cc1)C(=O)COc1ccccc1Cl. The molecule has 0 fully saturated rings. The van der Waals surface area contributed by atoms with E-state index >= 15 is 0 Å². The normalized spacial score (nSPS) is 11.4. The minimum Gasteiger partial charge on any atom is -0.496 e. The van der Waals surface area contributed by atoms with Gasteiger partial charge in [-0.25, -0.2) is 0 Å². The molecule has 0 saturated heterocycles. The second-order valence-corrected chi connectivity index (χ2v) is 9.55. The predicted octanol–water partition coefficient (Wildman–Crippen LogP) is 6.47. The van der Waals surface area contributed by atoms with E-state index in [1.165, 1.54) is 4.90 Å². The predicted molar refractivity (Wildman–Crippen MR) is 153 cm³/mol. The molecule has 4 rings (SSSR count). The zero-order valence-electron chi connectivity index (χ0n) is 21.3. The minimum absolute atomic E-state index is 0.156. The number of amides is 2. The first kappa shape index (κ1) is 28.0. The Balaban J connectivity index is 1.65. The van der Waals surface area contributed by atoms with Crippen LogP contribution in [0.1, 0.15) is 22.7 Å². The summed E-state index contributed by atoms with van der Waals surface area (Å²) in [5.41, 5.74) is 2.29. The molecule has 1 N–H and O–H groups in total. The summed E-state index contributed by atoms with van der Waals surface area (Å²) in [6, 6.07) is 29.8. The Kier molecular flexibility index (Phi) is 9.84. The molecule has 0 radical (unpaired) electrons. The molecule has 4 aromatic rings. The van der Waals surface area contributed by atoms with Crippen molar-refractivity contribution in [1.82, 2.24) is 10.2 Å². The van der Waals surface area contributed by atoms with Gasteiger partial charge in [0.15, 0.2) is 6.61 Å². The summed E-state index contributed by atoms with van der Waals surface area (Å²) < 4.78 is 11.2. The molecular formula is C31H28Cl2N2O4. The molecule has 0 heterocycles. The topological polar surface area (TPSA) is 67.9 Å². The molecule has 0 saturated carbocycles. The molecule has 0 aliphatic rings. The van der Waals surface area contributed by atoms with E-state index in [-0.39, 0.29) is 31.5 Å². The fraction of sp³-hybridized carbons (Fsp3) is 0.161. The number of nitrogens with zero attached hydrogens (tertiary/aromatic N) is 1. The molecule has 6 nitrogen and oxygen atoms in total. The standard InChI is InChI=1S/C31H28Cl2N2O4/c1-38-27-13-7-5-11-24(27)19-34-31(37)30(23-9-3-2-4-10-23)35(20-22-15-17-25(32)18-16-22)29(36)21-39-28-14-8-6-12-26(28)33/h2-18,30H,19-21H2,1H3,(H,34,37). The highest BCUT2D eigenvalue weighted by Gasteiger charge is 2.32. The van der Waals surface area contributed by atoms with Gasteiger partial charge in [-0.3, -0.25) is 9.59 Å². The Bertz CT molecular complexity index is 1400. The molecule has 2 amide bonds. The van der Waals surface area contributed by atoms with Crippen molar-refractivity contribution in [3.05, 3.63) is 130 Å². The van der Waals surface area contributed by atoms with Gasteiger partial charge < -0.3 is 19.7 Å². The van der Waals surface area contributed by atoms with Crippen molar-refractivity contribution in [2.75, 3.05) is 13.7 Å². The van der Waals surface area contributed by atoms with Crippen LogP contribution in [0.3, 0.4) is 0 Å². The third-order valence-corrected chi connectivity index (χ3v) is 6.66. The largest absolute Gasteiger partial charge is 0.496 e. The average Bonchev–Trinajstić information content (AvgIpc) is 2.97. The zero-order valence-corrected chi connectivity index (χ0v) is 22.9. The smallest absolute Gasteiger partial charge is 0.261 e. The van der Waals surface area contributed by atoms with Gasteiger partial charge in [0.1, 0.15) is 17.5 Å². The van der Waals surface area contributed by atoms with Gasteiger partial charge in [-0.05, 0) is 41.5 Å². The van der Waals surface area contributed by atoms with Crippen molar-refractivity contribution < 1.29 is 19.1 Å². The summed E-state index contributed by atoms with van der Waals surface area (Å²) in [7, 11) is 1.58. The number of hydrogen-bond acceptors (Lipinski definition) is 4. The van der Waals surface area contributed by atoms with Crippen LogP contribution in [-0.4, -0.2) is 30.4 Å². The number of rotatable bonds is 11. The Hall–Kier alpha value is -4.00. The van der Waals surface area contributed by atoms with Crippen molar-refractivity contribution in [2.45, 2.75) is 19.1 Å². The molecule has 1 atom stereocenters. The number of carbonyl (C=O) groups is 2. The summed E-state index contributed by atoms with van der Waals surface area (Å²) in [6.45, 7) is 0.0786. The van der Waals surface area contributed by atoms with E-state index in [1.807, 2.05) is 66.7 Å². The molecule has 1 unspecified atom stereocenters. The summed E-state index contributed by atoms with van der Waals surface area (Å²) in [5.74, 6) is 0.325. The lowest BCUT2D eigenvalue weighted by molar-refractivity contribution is -0.143. The van der Waals surface area contributed by atoms with E-state index in [1.54, 1.807) is 43.5 Å². The maximum absolute atomic E-state index is 13.8. The van der Waals surface area contributed by atoms with E-state index in [0.717, 1.165) is 11.1 Å². The number of para-hydroxylation sites is 2. The second-order valence-electron chi connectivity index (χ2n) is 8.71. The van der Waals surface area contributed by atoms with Gasteiger partial charge in [-0.1, -0.05) is 96.0 Å². The lowest BCUT2D eigenvalue weighted by atomic mass is 10.0. The van der Waals surface area contributed by atoms with Crippen LogP contribution in [0.4, 0.5) is 0 Å². The van der Waals surface area contributed by atoms with E-state index in [9.17, 15) is 9.59 Å². The highest BCUT2D eigenvalue weighted by Crippen LogP contribution is 2.27. The fourth-order valence-corrected chi connectivity index (χ4v) is 4.45. The van der Waals surface area contributed by atoms with Gasteiger partial charge in [0, 0.05) is 23.7 Å². The van der Waals surface area contributed by atoms with Crippen LogP contribution in [0.25, 0.3) is 0 Å². The molecule has 8 heteroatoms. The molecule has 0 bridgehead atoms. The summed E-state index contributed by atoms with van der Waals surface area (Å²) >= 11 is 12.3. The second kappa shape index (κ2) is 13.7. The van der Waals surface area contributed by atoms with Crippen molar-refractivity contribution in [3.63, 3.8) is 0 Å². The molecular weight excluding hydrogens is 535 g/mol. The molecule has 39 heavy (non-hydrogen) atoms.